The summed E-state index contributed by atoms with van der Waals surface area (Å²) in [4.78, 5) is 27.0. The van der Waals surface area contributed by atoms with E-state index in [-0.39, 0.29) is 36.6 Å². The molecule has 4 rings (SSSR count). The van der Waals surface area contributed by atoms with Crippen LogP contribution < -0.4 is 11.1 Å². The van der Waals surface area contributed by atoms with Gasteiger partial charge in [0, 0.05) is 37.8 Å². The van der Waals surface area contributed by atoms with Crippen LogP contribution in [0.1, 0.15) is 10.4 Å². The van der Waals surface area contributed by atoms with Crippen molar-refractivity contribution in [1.82, 2.24) is 14.5 Å². The zero-order valence-electron chi connectivity index (χ0n) is 17.9. The first kappa shape index (κ1) is 23.7. The number of carbonyl (C=O) groups excluding carboxylic acids is 2. The molecular formula is C23H22F2N4O4S. The van der Waals surface area contributed by atoms with Crippen molar-refractivity contribution in [3.05, 3.63) is 77.9 Å². The molecule has 0 saturated carbocycles. The number of hydrogen-bond donors (Lipinski definition) is 2. The fourth-order valence-corrected chi connectivity index (χ4v) is 5.52. The third kappa shape index (κ3) is 4.49. The molecule has 1 unspecified atom stereocenters. The van der Waals surface area contributed by atoms with Crippen LogP contribution in [0.5, 0.6) is 0 Å². The normalized spacial score (nSPS) is 16.7. The maximum atomic E-state index is 13.7. The van der Waals surface area contributed by atoms with Crippen molar-refractivity contribution in [2.24, 2.45) is 5.73 Å². The van der Waals surface area contributed by atoms with Crippen LogP contribution in [0, 0.1) is 11.6 Å². The summed E-state index contributed by atoms with van der Waals surface area (Å²) in [5.74, 6) is -3.57. The minimum atomic E-state index is -4.22. The molecular weight excluding hydrogens is 466 g/mol. The molecule has 0 aromatic heterocycles. The minimum Gasteiger partial charge on any atom is -0.352 e. The zero-order chi connectivity index (χ0) is 24.5. The van der Waals surface area contributed by atoms with Gasteiger partial charge in [0.25, 0.3) is 11.8 Å². The van der Waals surface area contributed by atoms with E-state index in [0.29, 0.717) is 11.5 Å². The maximum absolute atomic E-state index is 13.7. The lowest BCUT2D eigenvalue weighted by Crippen LogP contribution is -2.54. The van der Waals surface area contributed by atoms with Gasteiger partial charge in [-0.05, 0) is 35.0 Å². The number of rotatable bonds is 6. The van der Waals surface area contributed by atoms with Crippen molar-refractivity contribution in [2.45, 2.75) is 11.1 Å². The molecule has 0 radical (unpaired) electrons. The molecule has 3 N–H and O–H groups in total. The van der Waals surface area contributed by atoms with E-state index in [2.05, 4.69) is 5.32 Å². The lowest BCUT2D eigenvalue weighted by atomic mass is 10.1. The van der Waals surface area contributed by atoms with Crippen LogP contribution in [0.25, 0.3) is 10.8 Å². The highest BCUT2D eigenvalue weighted by molar-refractivity contribution is 7.89. The smallest absolute Gasteiger partial charge is 0.259 e. The molecule has 11 heteroatoms. The standard InChI is InChI=1S/C23H22F2N4O4S/c24-18-11-17(12-19(25)14-18)23(31)28-9-10-29(22(28)21(30)27-8-7-26)34(32,33)20-6-5-15-3-1-2-4-16(15)13-20/h1-6,11-14,22H,7-10,26H2,(H,27,30). The van der Waals surface area contributed by atoms with Gasteiger partial charge in [-0.3, -0.25) is 9.59 Å². The first-order valence-corrected chi connectivity index (χ1v) is 11.9. The van der Waals surface area contributed by atoms with Crippen LogP contribution in [0.2, 0.25) is 0 Å². The zero-order valence-corrected chi connectivity index (χ0v) is 18.8. The fourth-order valence-electron chi connectivity index (χ4n) is 3.94. The number of carbonyl (C=O) groups is 2. The van der Waals surface area contributed by atoms with E-state index in [4.69, 9.17) is 5.73 Å². The first-order chi connectivity index (χ1) is 16.2. The van der Waals surface area contributed by atoms with Crippen LogP contribution in [0.4, 0.5) is 8.78 Å². The van der Waals surface area contributed by atoms with E-state index < -0.39 is 39.6 Å². The third-order valence-corrected chi connectivity index (χ3v) is 7.35. The van der Waals surface area contributed by atoms with E-state index in [1.165, 1.54) is 12.1 Å². The van der Waals surface area contributed by atoms with Crippen LogP contribution in [-0.4, -0.2) is 61.8 Å². The van der Waals surface area contributed by atoms with Gasteiger partial charge in [-0.1, -0.05) is 30.3 Å². The Bertz CT molecular complexity index is 1350. The van der Waals surface area contributed by atoms with Gasteiger partial charge in [-0.2, -0.15) is 4.31 Å². The van der Waals surface area contributed by atoms with Gasteiger partial charge in [0.2, 0.25) is 10.0 Å². The third-order valence-electron chi connectivity index (χ3n) is 5.51. The number of sulfonamides is 1. The van der Waals surface area contributed by atoms with Crippen molar-refractivity contribution in [1.29, 1.82) is 0 Å². The molecule has 1 atom stereocenters. The van der Waals surface area contributed by atoms with E-state index >= 15 is 0 Å². The summed E-state index contributed by atoms with van der Waals surface area (Å²) in [6.45, 7) is -0.182. The topological polar surface area (TPSA) is 113 Å². The summed E-state index contributed by atoms with van der Waals surface area (Å²) in [7, 11) is -4.22. The Morgan fingerprint density at radius 2 is 1.65 bits per heavy atom. The largest absolute Gasteiger partial charge is 0.352 e. The summed E-state index contributed by atoms with van der Waals surface area (Å²) >= 11 is 0. The number of nitrogens with two attached hydrogens (primary N) is 1. The Labute approximate surface area is 195 Å². The van der Waals surface area contributed by atoms with E-state index in [1.807, 2.05) is 12.1 Å². The van der Waals surface area contributed by atoms with Crippen molar-refractivity contribution in [3.8, 4) is 0 Å². The number of nitrogens with zero attached hydrogens (tertiary/aromatic N) is 2. The SMILES string of the molecule is NCCNC(=O)C1N(C(=O)c2cc(F)cc(F)c2)CCN1S(=O)(=O)c1ccc2ccccc2c1. The maximum Gasteiger partial charge on any atom is 0.259 e. The van der Waals surface area contributed by atoms with Crippen molar-refractivity contribution in [3.63, 3.8) is 0 Å². The molecule has 3 aromatic rings. The van der Waals surface area contributed by atoms with Gasteiger partial charge in [0.15, 0.2) is 6.17 Å². The van der Waals surface area contributed by atoms with Crippen molar-refractivity contribution >= 4 is 32.6 Å². The number of halogens is 2. The van der Waals surface area contributed by atoms with Gasteiger partial charge >= 0.3 is 0 Å². The second kappa shape index (κ2) is 9.45. The molecule has 178 valence electrons. The van der Waals surface area contributed by atoms with Crippen LogP contribution in [0.15, 0.2) is 65.6 Å². The monoisotopic (exact) mass is 488 g/mol. The molecule has 1 heterocycles. The lowest BCUT2D eigenvalue weighted by Gasteiger charge is -2.29. The second-order valence-corrected chi connectivity index (χ2v) is 9.63. The number of nitrogens with one attached hydrogen (secondary N) is 1. The highest BCUT2D eigenvalue weighted by Gasteiger charge is 2.46. The Morgan fingerprint density at radius 3 is 2.32 bits per heavy atom. The number of benzene rings is 3. The average molecular weight is 489 g/mol. The summed E-state index contributed by atoms with van der Waals surface area (Å²) in [6, 6.07) is 14.1. The molecule has 3 aromatic carbocycles. The van der Waals surface area contributed by atoms with Gasteiger partial charge in [0.05, 0.1) is 4.90 Å². The molecule has 1 aliphatic rings. The van der Waals surface area contributed by atoms with Gasteiger partial charge in [0.1, 0.15) is 11.6 Å². The Balaban J connectivity index is 1.73. The van der Waals surface area contributed by atoms with Crippen LogP contribution in [0.3, 0.4) is 0 Å². The minimum absolute atomic E-state index is 0.0473. The molecule has 0 aliphatic carbocycles. The predicted molar refractivity (Wildman–Crippen MR) is 121 cm³/mol. The second-order valence-electron chi connectivity index (χ2n) is 7.73. The Kier molecular flexibility index (Phi) is 6.60. The van der Waals surface area contributed by atoms with E-state index in [0.717, 1.165) is 26.7 Å². The molecule has 1 fully saturated rings. The quantitative estimate of drug-likeness (QED) is 0.548. The summed E-state index contributed by atoms with van der Waals surface area (Å²) < 4.78 is 55.4. The van der Waals surface area contributed by atoms with Crippen LogP contribution >= 0.6 is 0 Å². The lowest BCUT2D eigenvalue weighted by molar-refractivity contribution is -0.127. The Hall–Kier alpha value is -3.41. The summed E-state index contributed by atoms with van der Waals surface area (Å²) in [6.07, 6.45) is -1.55. The van der Waals surface area contributed by atoms with Crippen molar-refractivity contribution in [2.75, 3.05) is 26.2 Å². The summed E-state index contributed by atoms with van der Waals surface area (Å²) in [5, 5.41) is 4.03. The molecule has 1 aliphatic heterocycles. The molecule has 2 amide bonds. The average Bonchev–Trinajstić information content (AvgIpc) is 3.27. The van der Waals surface area contributed by atoms with Gasteiger partial charge < -0.3 is 16.0 Å². The highest BCUT2D eigenvalue weighted by Crippen LogP contribution is 2.28. The molecule has 34 heavy (non-hydrogen) atoms. The number of fused-ring (bicyclic) bond motifs is 1. The fraction of sp³-hybridized carbons (Fsp3) is 0.217. The molecule has 0 spiro atoms. The van der Waals surface area contributed by atoms with Gasteiger partial charge in [-0.15, -0.1) is 0 Å². The molecule has 8 nitrogen and oxygen atoms in total. The first-order valence-electron chi connectivity index (χ1n) is 10.5. The van der Waals surface area contributed by atoms with E-state index in [1.54, 1.807) is 18.2 Å². The van der Waals surface area contributed by atoms with Crippen molar-refractivity contribution < 1.29 is 26.8 Å². The highest BCUT2D eigenvalue weighted by atomic mass is 32.2. The van der Waals surface area contributed by atoms with E-state index in [9.17, 15) is 26.8 Å². The molecule has 1 saturated heterocycles. The Morgan fingerprint density at radius 1 is 0.971 bits per heavy atom. The summed E-state index contributed by atoms with van der Waals surface area (Å²) in [5.41, 5.74) is 5.11. The number of hydrogen-bond acceptors (Lipinski definition) is 5. The predicted octanol–water partition coefficient (Wildman–Crippen LogP) is 1.67. The van der Waals surface area contributed by atoms with Gasteiger partial charge in [-0.25, -0.2) is 17.2 Å². The molecule has 0 bridgehead atoms. The number of amides is 2. The van der Waals surface area contributed by atoms with Crippen LogP contribution in [-0.2, 0) is 14.8 Å².